The van der Waals surface area contributed by atoms with Gasteiger partial charge in [0.2, 0.25) is 5.91 Å². The molecule has 98 valence electrons. The van der Waals surface area contributed by atoms with E-state index >= 15 is 0 Å². The standard InChI is InChI=1S/C14H26N2O/c1-9(14(2,3)4)13(17)16-7-10-5-6-12(15)11(10)8-16/h9-12H,5-8,15H2,1-4H3. The van der Waals surface area contributed by atoms with Crippen molar-refractivity contribution >= 4 is 5.91 Å². The Kier molecular flexibility index (Phi) is 3.23. The lowest BCUT2D eigenvalue weighted by atomic mass is 9.81. The molecule has 1 aliphatic carbocycles. The third-order valence-corrected chi connectivity index (χ3v) is 4.89. The summed E-state index contributed by atoms with van der Waals surface area (Å²) >= 11 is 0. The molecular weight excluding hydrogens is 212 g/mol. The number of fused-ring (bicyclic) bond motifs is 1. The van der Waals surface area contributed by atoms with Gasteiger partial charge in [-0.25, -0.2) is 0 Å². The Morgan fingerprint density at radius 2 is 1.94 bits per heavy atom. The highest BCUT2D eigenvalue weighted by Crippen LogP contribution is 2.38. The molecule has 1 amide bonds. The van der Waals surface area contributed by atoms with Crippen LogP contribution in [0.25, 0.3) is 0 Å². The molecule has 4 atom stereocenters. The van der Waals surface area contributed by atoms with E-state index < -0.39 is 0 Å². The number of carbonyl (C=O) groups excluding carboxylic acids is 1. The number of hydrogen-bond donors (Lipinski definition) is 1. The fraction of sp³-hybridized carbons (Fsp3) is 0.929. The zero-order chi connectivity index (χ0) is 12.8. The molecule has 2 aliphatic rings. The summed E-state index contributed by atoms with van der Waals surface area (Å²) in [5, 5.41) is 0. The average Bonchev–Trinajstić information content (AvgIpc) is 2.78. The van der Waals surface area contributed by atoms with Gasteiger partial charge in [-0.05, 0) is 30.1 Å². The molecule has 2 fully saturated rings. The second-order valence-electron chi connectivity index (χ2n) is 7.00. The van der Waals surface area contributed by atoms with Crippen LogP contribution in [0.4, 0.5) is 0 Å². The molecular formula is C14H26N2O. The van der Waals surface area contributed by atoms with Gasteiger partial charge >= 0.3 is 0 Å². The summed E-state index contributed by atoms with van der Waals surface area (Å²) in [7, 11) is 0. The second kappa shape index (κ2) is 4.27. The molecule has 1 aliphatic heterocycles. The molecule has 2 N–H and O–H groups in total. The molecule has 1 saturated heterocycles. The van der Waals surface area contributed by atoms with Gasteiger partial charge in [-0.2, -0.15) is 0 Å². The zero-order valence-corrected chi connectivity index (χ0v) is 11.6. The van der Waals surface area contributed by atoms with Crippen LogP contribution in [-0.4, -0.2) is 29.9 Å². The maximum absolute atomic E-state index is 12.4. The van der Waals surface area contributed by atoms with Crippen molar-refractivity contribution in [3.05, 3.63) is 0 Å². The second-order valence-corrected chi connectivity index (χ2v) is 7.00. The van der Waals surface area contributed by atoms with Crippen LogP contribution in [-0.2, 0) is 4.79 Å². The van der Waals surface area contributed by atoms with Gasteiger partial charge in [0.15, 0.2) is 0 Å². The average molecular weight is 238 g/mol. The summed E-state index contributed by atoms with van der Waals surface area (Å²) in [6.45, 7) is 10.3. The molecule has 0 spiro atoms. The van der Waals surface area contributed by atoms with Gasteiger partial charge in [0, 0.05) is 25.0 Å². The lowest BCUT2D eigenvalue weighted by molar-refractivity contribution is -0.137. The van der Waals surface area contributed by atoms with Crippen LogP contribution in [0.15, 0.2) is 0 Å². The van der Waals surface area contributed by atoms with Crippen molar-refractivity contribution in [2.24, 2.45) is 28.9 Å². The molecule has 1 heterocycles. The lowest BCUT2D eigenvalue weighted by Gasteiger charge is -2.30. The molecule has 4 unspecified atom stereocenters. The summed E-state index contributed by atoms with van der Waals surface area (Å²) < 4.78 is 0. The van der Waals surface area contributed by atoms with E-state index in [2.05, 4.69) is 32.6 Å². The van der Waals surface area contributed by atoms with Crippen molar-refractivity contribution in [2.75, 3.05) is 13.1 Å². The fourth-order valence-corrected chi connectivity index (χ4v) is 3.13. The van der Waals surface area contributed by atoms with Gasteiger partial charge in [-0.3, -0.25) is 4.79 Å². The molecule has 0 aromatic heterocycles. The van der Waals surface area contributed by atoms with Crippen LogP contribution in [0.3, 0.4) is 0 Å². The highest BCUT2D eigenvalue weighted by atomic mass is 16.2. The minimum absolute atomic E-state index is 0.0525. The van der Waals surface area contributed by atoms with Crippen molar-refractivity contribution < 1.29 is 4.79 Å². The molecule has 2 rings (SSSR count). The van der Waals surface area contributed by atoms with Gasteiger partial charge < -0.3 is 10.6 Å². The van der Waals surface area contributed by atoms with E-state index in [1.807, 2.05) is 0 Å². The Bertz CT molecular complexity index is 308. The third-order valence-electron chi connectivity index (χ3n) is 4.89. The predicted octanol–water partition coefficient (Wildman–Crippen LogP) is 1.86. The summed E-state index contributed by atoms with van der Waals surface area (Å²) in [4.78, 5) is 14.5. The number of carbonyl (C=O) groups is 1. The minimum Gasteiger partial charge on any atom is -0.342 e. The number of hydrogen-bond acceptors (Lipinski definition) is 2. The highest BCUT2D eigenvalue weighted by Gasteiger charge is 2.44. The minimum atomic E-state index is 0.0525. The SMILES string of the molecule is CC(C(=O)N1CC2CCC(N)C2C1)C(C)(C)C. The summed E-state index contributed by atoms with van der Waals surface area (Å²) in [5.74, 6) is 1.64. The van der Waals surface area contributed by atoms with Gasteiger partial charge in [0.25, 0.3) is 0 Å². The molecule has 0 aromatic rings. The predicted molar refractivity (Wildman–Crippen MR) is 69.4 cm³/mol. The van der Waals surface area contributed by atoms with E-state index in [0.29, 0.717) is 23.8 Å². The number of likely N-dealkylation sites (tertiary alicyclic amines) is 1. The van der Waals surface area contributed by atoms with Crippen LogP contribution in [0, 0.1) is 23.2 Å². The molecule has 0 bridgehead atoms. The number of rotatable bonds is 1. The maximum atomic E-state index is 12.4. The Labute approximate surface area is 105 Å². The number of nitrogens with zero attached hydrogens (tertiary/aromatic N) is 1. The Balaban J connectivity index is 2.00. The smallest absolute Gasteiger partial charge is 0.225 e. The zero-order valence-electron chi connectivity index (χ0n) is 11.6. The molecule has 1 saturated carbocycles. The van der Waals surface area contributed by atoms with Crippen LogP contribution >= 0.6 is 0 Å². The largest absolute Gasteiger partial charge is 0.342 e. The van der Waals surface area contributed by atoms with Crippen LogP contribution < -0.4 is 5.73 Å². The molecule has 3 heteroatoms. The molecule has 3 nitrogen and oxygen atoms in total. The highest BCUT2D eigenvalue weighted by molar-refractivity contribution is 5.79. The molecule has 0 radical (unpaired) electrons. The summed E-state index contributed by atoms with van der Waals surface area (Å²) in [5.41, 5.74) is 6.16. The van der Waals surface area contributed by atoms with E-state index in [-0.39, 0.29) is 11.3 Å². The Morgan fingerprint density at radius 3 is 2.47 bits per heavy atom. The molecule has 17 heavy (non-hydrogen) atoms. The van der Waals surface area contributed by atoms with Crippen LogP contribution in [0.2, 0.25) is 0 Å². The lowest BCUT2D eigenvalue weighted by Crippen LogP contribution is -2.40. The van der Waals surface area contributed by atoms with Crippen LogP contribution in [0.1, 0.15) is 40.5 Å². The maximum Gasteiger partial charge on any atom is 0.225 e. The van der Waals surface area contributed by atoms with Gasteiger partial charge in [0.05, 0.1) is 0 Å². The van der Waals surface area contributed by atoms with Crippen molar-refractivity contribution in [1.29, 1.82) is 0 Å². The first-order valence-corrected chi connectivity index (χ1v) is 6.85. The van der Waals surface area contributed by atoms with E-state index in [4.69, 9.17) is 5.73 Å². The van der Waals surface area contributed by atoms with Crippen molar-refractivity contribution in [3.8, 4) is 0 Å². The van der Waals surface area contributed by atoms with Gasteiger partial charge in [-0.15, -0.1) is 0 Å². The van der Waals surface area contributed by atoms with Crippen LogP contribution in [0.5, 0.6) is 0 Å². The first-order valence-electron chi connectivity index (χ1n) is 6.85. The Hall–Kier alpha value is -0.570. The normalized spacial score (nSPS) is 34.9. The van der Waals surface area contributed by atoms with Crippen molar-refractivity contribution in [3.63, 3.8) is 0 Å². The van der Waals surface area contributed by atoms with E-state index in [1.54, 1.807) is 0 Å². The Morgan fingerprint density at radius 1 is 1.29 bits per heavy atom. The van der Waals surface area contributed by atoms with Crippen molar-refractivity contribution in [2.45, 2.75) is 46.6 Å². The van der Waals surface area contributed by atoms with E-state index in [9.17, 15) is 4.79 Å². The van der Waals surface area contributed by atoms with Gasteiger partial charge in [-0.1, -0.05) is 27.7 Å². The van der Waals surface area contributed by atoms with E-state index in [1.165, 1.54) is 6.42 Å². The number of nitrogens with two attached hydrogens (primary N) is 1. The first kappa shape index (κ1) is 12.9. The van der Waals surface area contributed by atoms with Crippen molar-refractivity contribution in [1.82, 2.24) is 4.90 Å². The quantitative estimate of drug-likeness (QED) is 0.758. The third kappa shape index (κ3) is 2.35. The first-order chi connectivity index (χ1) is 7.80. The van der Waals surface area contributed by atoms with Gasteiger partial charge in [0.1, 0.15) is 0 Å². The summed E-state index contributed by atoms with van der Waals surface area (Å²) in [6.07, 6.45) is 2.35. The molecule has 0 aromatic carbocycles. The number of amides is 1. The van der Waals surface area contributed by atoms with E-state index in [0.717, 1.165) is 19.5 Å². The monoisotopic (exact) mass is 238 g/mol. The summed E-state index contributed by atoms with van der Waals surface area (Å²) in [6, 6.07) is 0.322. The fourth-order valence-electron chi connectivity index (χ4n) is 3.13. The topological polar surface area (TPSA) is 46.3 Å².